The van der Waals surface area contributed by atoms with E-state index in [-0.39, 0.29) is 6.61 Å². The summed E-state index contributed by atoms with van der Waals surface area (Å²) in [6.07, 6.45) is -0.551. The fraction of sp³-hybridized carbons (Fsp3) is 0.385. The van der Waals surface area contributed by atoms with Crippen LogP contribution in [-0.4, -0.2) is 40.3 Å². The molecular formula is C13H16BrN3O2S2. The molecular weight excluding hydrogens is 374 g/mol. The van der Waals surface area contributed by atoms with E-state index in [9.17, 15) is 5.11 Å². The number of anilines is 1. The van der Waals surface area contributed by atoms with Crippen LogP contribution in [0.2, 0.25) is 0 Å². The van der Waals surface area contributed by atoms with Crippen LogP contribution in [0.5, 0.6) is 5.75 Å². The Labute approximate surface area is 140 Å². The summed E-state index contributed by atoms with van der Waals surface area (Å²) >= 11 is 6.33. The van der Waals surface area contributed by atoms with Crippen LogP contribution < -0.4 is 10.1 Å². The van der Waals surface area contributed by atoms with Crippen LogP contribution in [0.4, 0.5) is 5.13 Å². The molecule has 0 saturated carbocycles. The van der Waals surface area contributed by atoms with Gasteiger partial charge in [-0.15, -0.1) is 10.2 Å². The molecule has 1 unspecified atom stereocenters. The summed E-state index contributed by atoms with van der Waals surface area (Å²) in [6.45, 7) is 3.09. The summed E-state index contributed by atoms with van der Waals surface area (Å²) in [5.74, 6) is 1.27. The molecule has 0 aliphatic carbocycles. The Balaban J connectivity index is 1.71. The highest BCUT2D eigenvalue weighted by atomic mass is 79.9. The first kappa shape index (κ1) is 16.5. The second kappa shape index (κ2) is 8.57. The minimum absolute atomic E-state index is 0.257. The average Bonchev–Trinajstić information content (AvgIpc) is 2.93. The molecule has 2 aromatic rings. The molecule has 1 aromatic heterocycles. The van der Waals surface area contributed by atoms with E-state index >= 15 is 0 Å². The summed E-state index contributed by atoms with van der Waals surface area (Å²) in [6, 6.07) is 7.52. The van der Waals surface area contributed by atoms with Gasteiger partial charge in [-0.3, -0.25) is 0 Å². The molecule has 0 aliphatic heterocycles. The zero-order valence-corrected chi connectivity index (χ0v) is 14.7. The summed E-state index contributed by atoms with van der Waals surface area (Å²) in [5, 5.41) is 21.9. The minimum Gasteiger partial charge on any atom is -0.491 e. The number of benzene rings is 1. The van der Waals surface area contributed by atoms with Gasteiger partial charge in [-0.2, -0.15) is 0 Å². The van der Waals surface area contributed by atoms with Gasteiger partial charge in [0.25, 0.3) is 0 Å². The number of aromatic nitrogens is 2. The van der Waals surface area contributed by atoms with E-state index < -0.39 is 6.10 Å². The molecule has 0 fully saturated rings. The number of nitrogens with one attached hydrogen (secondary N) is 1. The van der Waals surface area contributed by atoms with Crippen LogP contribution >= 0.6 is 39.0 Å². The van der Waals surface area contributed by atoms with Crippen LogP contribution in [-0.2, 0) is 0 Å². The first-order chi connectivity index (χ1) is 10.2. The van der Waals surface area contributed by atoms with Gasteiger partial charge in [0, 0.05) is 16.8 Å². The van der Waals surface area contributed by atoms with Gasteiger partial charge in [0.1, 0.15) is 12.4 Å². The van der Waals surface area contributed by atoms with E-state index in [4.69, 9.17) is 4.74 Å². The lowest BCUT2D eigenvalue weighted by Crippen LogP contribution is -2.19. The second-order valence-corrected chi connectivity index (χ2v) is 7.29. The highest BCUT2D eigenvalue weighted by Crippen LogP contribution is 2.26. The smallest absolute Gasteiger partial charge is 0.206 e. The molecule has 1 aromatic carbocycles. The molecule has 0 amide bonds. The van der Waals surface area contributed by atoms with E-state index in [2.05, 4.69) is 31.4 Å². The number of thioether (sulfide) groups is 1. The molecule has 0 radical (unpaired) electrons. The monoisotopic (exact) mass is 389 g/mol. The zero-order chi connectivity index (χ0) is 15.1. The predicted octanol–water partition coefficient (Wildman–Crippen LogP) is 3.26. The van der Waals surface area contributed by atoms with Crippen LogP contribution in [0.1, 0.15) is 6.92 Å². The summed E-state index contributed by atoms with van der Waals surface area (Å²) in [5.41, 5.74) is 0. The van der Waals surface area contributed by atoms with Crippen molar-refractivity contribution in [3.05, 3.63) is 28.7 Å². The van der Waals surface area contributed by atoms with Gasteiger partial charge in [-0.05, 0) is 31.2 Å². The molecule has 0 bridgehead atoms. The summed E-state index contributed by atoms with van der Waals surface area (Å²) < 4.78 is 7.37. The highest BCUT2D eigenvalue weighted by molar-refractivity contribution is 9.10. The SMILES string of the molecule is CCNc1nnc(SCC(O)COc2ccc(Br)cc2)s1. The Kier molecular flexibility index (Phi) is 6.75. The first-order valence-corrected chi connectivity index (χ1v) is 9.03. The Morgan fingerprint density at radius 1 is 1.38 bits per heavy atom. The van der Waals surface area contributed by atoms with Crippen molar-refractivity contribution in [2.24, 2.45) is 0 Å². The van der Waals surface area contributed by atoms with Gasteiger partial charge in [0.05, 0.1) is 6.10 Å². The van der Waals surface area contributed by atoms with Crippen LogP contribution in [0.15, 0.2) is 33.1 Å². The third-order valence-corrected chi connectivity index (χ3v) is 5.08. The number of aliphatic hydroxyl groups excluding tert-OH is 1. The van der Waals surface area contributed by atoms with Gasteiger partial charge in [0.2, 0.25) is 5.13 Å². The van der Waals surface area contributed by atoms with Crippen molar-refractivity contribution in [3.63, 3.8) is 0 Å². The van der Waals surface area contributed by atoms with E-state index in [1.165, 1.54) is 23.1 Å². The molecule has 2 rings (SSSR count). The number of hydrogen-bond donors (Lipinski definition) is 2. The van der Waals surface area contributed by atoms with Crippen LogP contribution in [0.25, 0.3) is 0 Å². The predicted molar refractivity (Wildman–Crippen MR) is 90.4 cm³/mol. The largest absolute Gasteiger partial charge is 0.491 e. The normalized spacial score (nSPS) is 12.1. The fourth-order valence-electron chi connectivity index (χ4n) is 1.43. The molecule has 0 saturated heterocycles. The number of rotatable bonds is 8. The second-order valence-electron chi connectivity index (χ2n) is 4.13. The molecule has 8 heteroatoms. The molecule has 1 atom stereocenters. The maximum atomic E-state index is 9.92. The number of ether oxygens (including phenoxy) is 1. The minimum atomic E-state index is -0.551. The van der Waals surface area contributed by atoms with Crippen molar-refractivity contribution in [1.82, 2.24) is 10.2 Å². The number of hydrogen-bond acceptors (Lipinski definition) is 7. The van der Waals surface area contributed by atoms with Crippen molar-refractivity contribution in [2.75, 3.05) is 24.2 Å². The lowest BCUT2D eigenvalue weighted by Gasteiger charge is -2.11. The van der Waals surface area contributed by atoms with Crippen molar-refractivity contribution >= 4 is 44.2 Å². The van der Waals surface area contributed by atoms with Crippen molar-refractivity contribution < 1.29 is 9.84 Å². The number of nitrogens with zero attached hydrogens (tertiary/aromatic N) is 2. The van der Waals surface area contributed by atoms with Gasteiger partial charge in [0.15, 0.2) is 4.34 Å². The van der Waals surface area contributed by atoms with Gasteiger partial charge in [-0.25, -0.2) is 0 Å². The summed E-state index contributed by atoms with van der Waals surface area (Å²) in [7, 11) is 0. The topological polar surface area (TPSA) is 67.3 Å². The van der Waals surface area contributed by atoms with Crippen molar-refractivity contribution in [2.45, 2.75) is 17.4 Å². The van der Waals surface area contributed by atoms with E-state index in [0.717, 1.165) is 26.2 Å². The Morgan fingerprint density at radius 2 is 2.14 bits per heavy atom. The Bertz CT molecular complexity index is 551. The van der Waals surface area contributed by atoms with Crippen molar-refractivity contribution in [1.29, 1.82) is 0 Å². The maximum Gasteiger partial charge on any atom is 0.206 e. The summed E-state index contributed by atoms with van der Waals surface area (Å²) in [4.78, 5) is 0. The Hall–Kier alpha value is -0.830. The van der Waals surface area contributed by atoms with Crippen LogP contribution in [0.3, 0.4) is 0 Å². The molecule has 0 aliphatic rings. The van der Waals surface area contributed by atoms with Gasteiger partial charge < -0.3 is 15.2 Å². The zero-order valence-electron chi connectivity index (χ0n) is 11.5. The Morgan fingerprint density at radius 3 is 2.86 bits per heavy atom. The lowest BCUT2D eigenvalue weighted by atomic mass is 10.3. The number of halogens is 1. The maximum absolute atomic E-state index is 9.92. The van der Waals surface area contributed by atoms with Crippen molar-refractivity contribution in [3.8, 4) is 5.75 Å². The van der Waals surface area contributed by atoms with E-state index in [1.54, 1.807) is 0 Å². The third-order valence-electron chi connectivity index (χ3n) is 2.39. The quantitative estimate of drug-likeness (QED) is 0.675. The van der Waals surface area contributed by atoms with Crippen LogP contribution in [0, 0.1) is 0 Å². The molecule has 2 N–H and O–H groups in total. The van der Waals surface area contributed by atoms with E-state index in [1.807, 2.05) is 31.2 Å². The molecule has 0 spiro atoms. The molecule has 1 heterocycles. The van der Waals surface area contributed by atoms with E-state index in [0.29, 0.717) is 5.75 Å². The lowest BCUT2D eigenvalue weighted by molar-refractivity contribution is 0.126. The van der Waals surface area contributed by atoms with Gasteiger partial charge in [-0.1, -0.05) is 39.0 Å². The molecule has 21 heavy (non-hydrogen) atoms. The molecule has 5 nitrogen and oxygen atoms in total. The standard InChI is InChI=1S/C13H16BrN3O2S2/c1-2-15-12-16-17-13(21-12)20-8-10(18)7-19-11-5-3-9(14)4-6-11/h3-6,10,18H,2,7-8H2,1H3,(H,15,16). The first-order valence-electron chi connectivity index (χ1n) is 6.44. The average molecular weight is 390 g/mol. The fourth-order valence-corrected chi connectivity index (χ4v) is 3.45. The third kappa shape index (κ3) is 5.82. The number of aliphatic hydroxyl groups is 1. The molecule has 114 valence electrons. The highest BCUT2D eigenvalue weighted by Gasteiger charge is 2.09. The van der Waals surface area contributed by atoms with Gasteiger partial charge >= 0.3 is 0 Å².